The molecule has 2 aliphatic heterocycles. The molecule has 0 spiro atoms. The van der Waals surface area contributed by atoms with Crippen molar-refractivity contribution in [3.8, 4) is 23.0 Å². The second-order valence-electron chi connectivity index (χ2n) is 11.7. The topological polar surface area (TPSA) is 80.3 Å². The highest BCUT2D eigenvalue weighted by Gasteiger charge is 2.35. The van der Waals surface area contributed by atoms with Crippen LogP contribution in [0.2, 0.25) is 0 Å². The standard InChI is InChI=1S/C29H40N2O5S/c1-28(2,3)21-14-19(15-22(26(21)33)29(4,5)6)27-31(25(32)17-37-27)12-7-10-30-11-13-34-20-8-9-23-24(16-20)36-18-35-23/h8-9,14-16,27,30,33H,7,10-13,17-18H2,1-6H3. The van der Waals surface area contributed by atoms with Crippen LogP contribution in [-0.4, -0.2) is 54.7 Å². The summed E-state index contributed by atoms with van der Waals surface area (Å²) in [6, 6.07) is 9.77. The molecule has 1 atom stereocenters. The minimum Gasteiger partial charge on any atom is -0.507 e. The summed E-state index contributed by atoms with van der Waals surface area (Å²) in [5, 5.41) is 14.5. The van der Waals surface area contributed by atoms with Gasteiger partial charge in [0.1, 0.15) is 23.5 Å². The van der Waals surface area contributed by atoms with Crippen LogP contribution in [0.15, 0.2) is 30.3 Å². The van der Waals surface area contributed by atoms with Gasteiger partial charge in [0.05, 0.1) is 5.75 Å². The molecule has 7 nitrogen and oxygen atoms in total. The third kappa shape index (κ3) is 6.47. The summed E-state index contributed by atoms with van der Waals surface area (Å²) in [6.45, 7) is 15.7. The van der Waals surface area contributed by atoms with Crippen molar-refractivity contribution in [3.05, 3.63) is 47.0 Å². The Morgan fingerprint density at radius 2 is 1.70 bits per heavy atom. The van der Waals surface area contributed by atoms with E-state index < -0.39 is 0 Å². The highest BCUT2D eigenvalue weighted by atomic mass is 32.2. The van der Waals surface area contributed by atoms with Crippen molar-refractivity contribution in [3.63, 3.8) is 0 Å². The van der Waals surface area contributed by atoms with Crippen LogP contribution in [0, 0.1) is 0 Å². The van der Waals surface area contributed by atoms with Gasteiger partial charge in [0.2, 0.25) is 12.7 Å². The smallest absolute Gasteiger partial charge is 0.233 e. The van der Waals surface area contributed by atoms with E-state index in [1.807, 2.05) is 23.1 Å². The number of hydrogen-bond donors (Lipinski definition) is 2. The first-order chi connectivity index (χ1) is 17.4. The lowest BCUT2D eigenvalue weighted by molar-refractivity contribution is -0.128. The van der Waals surface area contributed by atoms with Crippen molar-refractivity contribution < 1.29 is 24.1 Å². The van der Waals surface area contributed by atoms with Crippen molar-refractivity contribution in [2.45, 2.75) is 64.2 Å². The fraction of sp³-hybridized carbons (Fsp3) is 0.552. The Labute approximate surface area is 224 Å². The molecule has 2 N–H and O–H groups in total. The maximum Gasteiger partial charge on any atom is 0.233 e. The van der Waals surface area contributed by atoms with Crippen molar-refractivity contribution in [2.75, 3.05) is 38.8 Å². The molecule has 0 saturated carbocycles. The quantitative estimate of drug-likeness (QED) is 0.425. The molecule has 8 heteroatoms. The molecule has 0 aliphatic carbocycles. The molecule has 0 radical (unpaired) electrons. The van der Waals surface area contributed by atoms with E-state index in [1.54, 1.807) is 11.8 Å². The van der Waals surface area contributed by atoms with Gasteiger partial charge in [-0.15, -0.1) is 11.8 Å². The van der Waals surface area contributed by atoms with Gasteiger partial charge in [-0.3, -0.25) is 4.79 Å². The molecule has 202 valence electrons. The minimum atomic E-state index is -0.204. The summed E-state index contributed by atoms with van der Waals surface area (Å²) in [5.74, 6) is 3.24. The Morgan fingerprint density at radius 3 is 2.38 bits per heavy atom. The number of phenols is 1. The maximum atomic E-state index is 12.8. The molecular weight excluding hydrogens is 488 g/mol. The molecule has 2 heterocycles. The van der Waals surface area contributed by atoms with Gasteiger partial charge in [0.25, 0.3) is 0 Å². The number of carbonyl (C=O) groups is 1. The zero-order valence-electron chi connectivity index (χ0n) is 22.8. The number of thioether (sulfide) groups is 1. The highest BCUT2D eigenvalue weighted by Crippen LogP contribution is 2.45. The number of amides is 1. The van der Waals surface area contributed by atoms with Crippen LogP contribution in [-0.2, 0) is 15.6 Å². The van der Waals surface area contributed by atoms with Crippen LogP contribution in [0.4, 0.5) is 0 Å². The number of benzene rings is 2. The zero-order chi connectivity index (χ0) is 26.8. The van der Waals surface area contributed by atoms with Crippen LogP contribution >= 0.6 is 11.8 Å². The lowest BCUT2D eigenvalue weighted by atomic mass is 9.78. The number of ether oxygens (including phenoxy) is 3. The Kier molecular flexibility index (Phi) is 8.19. The van der Waals surface area contributed by atoms with E-state index in [0.29, 0.717) is 36.9 Å². The fourth-order valence-corrected chi connectivity index (χ4v) is 5.82. The van der Waals surface area contributed by atoms with E-state index in [1.165, 1.54) is 0 Å². The average Bonchev–Trinajstić information content (AvgIpc) is 3.43. The molecule has 4 rings (SSSR count). The molecule has 1 unspecified atom stereocenters. The third-order valence-corrected chi connectivity index (χ3v) is 7.90. The van der Waals surface area contributed by atoms with Gasteiger partial charge in [-0.05, 0) is 64.8 Å². The molecule has 2 aromatic rings. The van der Waals surface area contributed by atoms with Gasteiger partial charge < -0.3 is 29.5 Å². The Bertz CT molecular complexity index is 1090. The van der Waals surface area contributed by atoms with Gasteiger partial charge in [-0.25, -0.2) is 0 Å². The molecule has 0 aromatic heterocycles. The van der Waals surface area contributed by atoms with Gasteiger partial charge in [0.15, 0.2) is 11.5 Å². The zero-order valence-corrected chi connectivity index (χ0v) is 23.7. The number of rotatable bonds is 9. The number of fused-ring (bicyclic) bond motifs is 1. The molecule has 37 heavy (non-hydrogen) atoms. The predicted molar refractivity (Wildman–Crippen MR) is 148 cm³/mol. The highest BCUT2D eigenvalue weighted by molar-refractivity contribution is 8.00. The molecule has 0 bridgehead atoms. The number of nitrogens with one attached hydrogen (secondary N) is 1. The summed E-state index contributed by atoms with van der Waals surface area (Å²) < 4.78 is 16.5. The minimum absolute atomic E-state index is 0.0374. The van der Waals surface area contributed by atoms with Crippen LogP contribution < -0.4 is 19.5 Å². The van der Waals surface area contributed by atoms with E-state index in [2.05, 4.69) is 59.0 Å². The molecule has 2 aliphatic rings. The second-order valence-corrected chi connectivity index (χ2v) is 12.8. The van der Waals surface area contributed by atoms with Crippen LogP contribution in [0.1, 0.15) is 70.0 Å². The van der Waals surface area contributed by atoms with Crippen molar-refractivity contribution in [1.29, 1.82) is 0 Å². The average molecular weight is 529 g/mol. The number of phenolic OH excluding ortho intramolecular Hbond substituents is 1. The van der Waals surface area contributed by atoms with Crippen LogP contribution in [0.3, 0.4) is 0 Å². The van der Waals surface area contributed by atoms with E-state index in [-0.39, 0.29) is 28.9 Å². The first kappa shape index (κ1) is 27.5. The fourth-order valence-electron chi connectivity index (χ4n) is 4.62. The predicted octanol–water partition coefficient (Wildman–Crippen LogP) is 5.35. The normalized spacial score (nSPS) is 17.5. The largest absolute Gasteiger partial charge is 0.507 e. The second kappa shape index (κ2) is 11.0. The lowest BCUT2D eigenvalue weighted by Gasteiger charge is -2.31. The van der Waals surface area contributed by atoms with E-state index in [9.17, 15) is 9.90 Å². The SMILES string of the molecule is CC(C)(C)c1cc(C2SCC(=O)N2CCCNCCOc2ccc3c(c2)OCO3)cc(C(C)(C)C)c1O. The van der Waals surface area contributed by atoms with Crippen LogP contribution in [0.25, 0.3) is 0 Å². The van der Waals surface area contributed by atoms with Crippen molar-refractivity contribution in [2.24, 2.45) is 0 Å². The first-order valence-electron chi connectivity index (χ1n) is 13.0. The Morgan fingerprint density at radius 1 is 1.03 bits per heavy atom. The molecule has 1 fully saturated rings. The summed E-state index contributed by atoms with van der Waals surface area (Å²) in [5.41, 5.74) is 2.54. The van der Waals surface area contributed by atoms with Gasteiger partial charge in [-0.2, -0.15) is 0 Å². The monoisotopic (exact) mass is 528 g/mol. The number of carbonyl (C=O) groups excluding carboxylic acids is 1. The first-order valence-corrected chi connectivity index (χ1v) is 14.0. The summed E-state index contributed by atoms with van der Waals surface area (Å²) >= 11 is 1.67. The van der Waals surface area contributed by atoms with Gasteiger partial charge >= 0.3 is 0 Å². The third-order valence-electron chi connectivity index (χ3n) is 6.65. The molecular formula is C29H40N2O5S. The number of aromatic hydroxyl groups is 1. The lowest BCUT2D eigenvalue weighted by Crippen LogP contribution is -2.32. The van der Waals surface area contributed by atoms with E-state index in [0.717, 1.165) is 41.2 Å². The van der Waals surface area contributed by atoms with E-state index >= 15 is 0 Å². The Balaban J connectivity index is 1.32. The van der Waals surface area contributed by atoms with Crippen LogP contribution in [0.5, 0.6) is 23.0 Å². The maximum absolute atomic E-state index is 12.8. The molecule has 1 amide bonds. The van der Waals surface area contributed by atoms with Crippen molar-refractivity contribution in [1.82, 2.24) is 10.2 Å². The van der Waals surface area contributed by atoms with Crippen molar-refractivity contribution >= 4 is 17.7 Å². The Hall–Kier alpha value is -2.58. The molecule has 2 aromatic carbocycles. The van der Waals surface area contributed by atoms with Gasteiger partial charge in [-0.1, -0.05) is 41.5 Å². The summed E-state index contributed by atoms with van der Waals surface area (Å²) in [6.07, 6.45) is 0.850. The van der Waals surface area contributed by atoms with Gasteiger partial charge in [0, 0.05) is 19.2 Å². The number of hydrogen-bond acceptors (Lipinski definition) is 7. The molecule has 1 saturated heterocycles. The summed E-state index contributed by atoms with van der Waals surface area (Å²) in [7, 11) is 0. The summed E-state index contributed by atoms with van der Waals surface area (Å²) in [4.78, 5) is 14.8. The van der Waals surface area contributed by atoms with E-state index in [4.69, 9.17) is 14.2 Å². The number of nitrogens with zero attached hydrogens (tertiary/aromatic N) is 1.